The lowest BCUT2D eigenvalue weighted by Gasteiger charge is -2.22. The van der Waals surface area contributed by atoms with Crippen LogP contribution in [0.25, 0.3) is 16.1 Å². The maximum Gasteiger partial charge on any atom is 0.166 e. The van der Waals surface area contributed by atoms with Crippen molar-refractivity contribution in [3.8, 4) is 10.4 Å². The van der Waals surface area contributed by atoms with Gasteiger partial charge >= 0.3 is 0 Å². The highest BCUT2D eigenvalue weighted by Crippen LogP contribution is 2.30. The fraction of sp³-hybridized carbons (Fsp3) is 0.357. The van der Waals surface area contributed by atoms with Crippen LogP contribution < -0.4 is 11.1 Å². The molecule has 0 spiro atoms. The van der Waals surface area contributed by atoms with E-state index in [1.54, 1.807) is 15.9 Å². The molecule has 0 radical (unpaired) electrons. The Bertz CT molecular complexity index is 757. The number of hydrogen-bond donors (Lipinski definition) is 2. The molecule has 3 N–H and O–H groups in total. The van der Waals surface area contributed by atoms with E-state index in [9.17, 15) is 0 Å². The van der Waals surface area contributed by atoms with Crippen LogP contribution in [0.5, 0.6) is 0 Å². The molecule has 7 heteroatoms. The van der Waals surface area contributed by atoms with E-state index in [0.717, 1.165) is 41.3 Å². The summed E-state index contributed by atoms with van der Waals surface area (Å²) >= 11 is 1.59. The molecule has 1 atom stereocenters. The summed E-state index contributed by atoms with van der Waals surface area (Å²) in [5.41, 5.74) is 10.8. The van der Waals surface area contributed by atoms with Gasteiger partial charge in [-0.2, -0.15) is 9.61 Å². The normalized spacial score (nSPS) is 19.1. The van der Waals surface area contributed by atoms with Crippen LogP contribution in [0.15, 0.2) is 24.0 Å². The summed E-state index contributed by atoms with van der Waals surface area (Å²) in [7, 11) is 0. The topological polar surface area (TPSA) is 81.1 Å². The number of rotatable bonds is 2. The van der Waals surface area contributed by atoms with E-state index in [-0.39, 0.29) is 0 Å². The molecule has 1 aliphatic heterocycles. The molecule has 21 heavy (non-hydrogen) atoms. The average Bonchev–Trinajstić information content (AvgIpc) is 3.16. The Morgan fingerprint density at radius 2 is 2.33 bits per heavy atom. The van der Waals surface area contributed by atoms with Crippen molar-refractivity contribution in [1.29, 1.82) is 0 Å². The zero-order valence-electron chi connectivity index (χ0n) is 11.5. The van der Waals surface area contributed by atoms with Gasteiger partial charge in [0.2, 0.25) is 0 Å². The Hall–Kier alpha value is -1.99. The van der Waals surface area contributed by atoms with Crippen molar-refractivity contribution in [2.75, 3.05) is 18.8 Å². The predicted molar refractivity (Wildman–Crippen MR) is 83.4 cm³/mol. The van der Waals surface area contributed by atoms with Crippen molar-refractivity contribution in [2.24, 2.45) is 0 Å². The first-order valence-corrected chi connectivity index (χ1v) is 7.94. The lowest BCUT2D eigenvalue weighted by molar-refractivity contribution is 0.455. The van der Waals surface area contributed by atoms with Crippen LogP contribution in [0, 0.1) is 0 Å². The standard InChI is InChI=1S/C14H16N6S/c15-13-4-11(9-2-1-3-16-5-9)19-14-10(6-18-20(13)14)12-7-17-8-21-12/h4,6-9,16H,1-3,5,15H2. The van der Waals surface area contributed by atoms with Gasteiger partial charge in [-0.05, 0) is 19.4 Å². The Kier molecular flexibility index (Phi) is 3.08. The van der Waals surface area contributed by atoms with Gasteiger partial charge in [0.05, 0.1) is 27.8 Å². The summed E-state index contributed by atoms with van der Waals surface area (Å²) in [5, 5.41) is 7.78. The van der Waals surface area contributed by atoms with E-state index in [4.69, 9.17) is 10.7 Å². The van der Waals surface area contributed by atoms with Crippen molar-refractivity contribution in [3.05, 3.63) is 29.7 Å². The first kappa shape index (κ1) is 12.7. The first-order valence-electron chi connectivity index (χ1n) is 7.06. The second kappa shape index (κ2) is 5.09. The maximum absolute atomic E-state index is 6.16. The lowest BCUT2D eigenvalue weighted by Crippen LogP contribution is -2.29. The lowest BCUT2D eigenvalue weighted by atomic mass is 9.96. The van der Waals surface area contributed by atoms with Gasteiger partial charge in [0, 0.05) is 24.7 Å². The molecule has 108 valence electrons. The molecule has 0 aromatic carbocycles. The molecule has 0 amide bonds. The number of nitrogens with one attached hydrogen (secondary N) is 1. The third kappa shape index (κ3) is 2.18. The Morgan fingerprint density at radius 1 is 1.38 bits per heavy atom. The molecule has 0 bridgehead atoms. The van der Waals surface area contributed by atoms with E-state index in [1.807, 2.05) is 24.0 Å². The summed E-state index contributed by atoms with van der Waals surface area (Å²) in [4.78, 5) is 10.0. The van der Waals surface area contributed by atoms with E-state index in [1.165, 1.54) is 6.42 Å². The van der Waals surface area contributed by atoms with Crippen LogP contribution in [-0.2, 0) is 0 Å². The fourth-order valence-corrected chi connectivity index (χ4v) is 3.47. The van der Waals surface area contributed by atoms with Gasteiger partial charge < -0.3 is 11.1 Å². The largest absolute Gasteiger partial charge is 0.384 e. The molecular weight excluding hydrogens is 284 g/mol. The van der Waals surface area contributed by atoms with Crippen molar-refractivity contribution in [1.82, 2.24) is 24.9 Å². The predicted octanol–water partition coefficient (Wildman–Crippen LogP) is 1.90. The molecule has 0 saturated carbocycles. The summed E-state index contributed by atoms with van der Waals surface area (Å²) in [6, 6.07) is 1.95. The molecule has 0 aliphatic carbocycles. The highest BCUT2D eigenvalue weighted by molar-refractivity contribution is 7.13. The van der Waals surface area contributed by atoms with Gasteiger partial charge in [-0.1, -0.05) is 0 Å². The number of anilines is 1. The third-order valence-corrected chi connectivity index (χ3v) is 4.74. The number of thiazole rings is 1. The first-order chi connectivity index (χ1) is 10.3. The van der Waals surface area contributed by atoms with Gasteiger partial charge in [0.25, 0.3) is 0 Å². The number of hydrogen-bond acceptors (Lipinski definition) is 6. The molecule has 4 heterocycles. The highest BCUT2D eigenvalue weighted by atomic mass is 32.1. The van der Waals surface area contributed by atoms with Crippen LogP contribution in [-0.4, -0.2) is 32.7 Å². The van der Waals surface area contributed by atoms with Crippen LogP contribution in [0.2, 0.25) is 0 Å². The second-order valence-electron chi connectivity index (χ2n) is 5.31. The number of fused-ring (bicyclic) bond motifs is 1. The molecule has 6 nitrogen and oxygen atoms in total. The molecule has 1 fully saturated rings. The summed E-state index contributed by atoms with van der Waals surface area (Å²) in [6.45, 7) is 2.06. The zero-order valence-corrected chi connectivity index (χ0v) is 12.3. The van der Waals surface area contributed by atoms with E-state index in [2.05, 4.69) is 15.4 Å². The number of nitrogens with two attached hydrogens (primary N) is 1. The minimum Gasteiger partial charge on any atom is -0.384 e. The number of nitrogen functional groups attached to an aromatic ring is 1. The van der Waals surface area contributed by atoms with Crippen LogP contribution in [0.4, 0.5) is 5.82 Å². The summed E-state index contributed by atoms with van der Waals surface area (Å²) in [5.74, 6) is 1.06. The van der Waals surface area contributed by atoms with E-state index < -0.39 is 0 Å². The Morgan fingerprint density at radius 3 is 3.10 bits per heavy atom. The minimum atomic E-state index is 0.426. The molecule has 3 aromatic rings. The van der Waals surface area contributed by atoms with Crippen molar-refractivity contribution in [2.45, 2.75) is 18.8 Å². The molecule has 1 unspecified atom stereocenters. The van der Waals surface area contributed by atoms with Crippen LogP contribution in [0.1, 0.15) is 24.5 Å². The average molecular weight is 300 g/mol. The van der Waals surface area contributed by atoms with Crippen LogP contribution >= 0.6 is 11.3 Å². The van der Waals surface area contributed by atoms with Gasteiger partial charge in [0.15, 0.2) is 5.65 Å². The smallest absolute Gasteiger partial charge is 0.166 e. The SMILES string of the molecule is Nc1cc(C2CCCNC2)nc2c(-c3cncs3)cnn12. The number of aromatic nitrogens is 4. The van der Waals surface area contributed by atoms with Crippen molar-refractivity contribution >= 4 is 22.8 Å². The van der Waals surface area contributed by atoms with E-state index in [0.29, 0.717) is 11.7 Å². The molecule has 1 saturated heterocycles. The van der Waals surface area contributed by atoms with Gasteiger partial charge in [-0.25, -0.2) is 4.98 Å². The number of piperidine rings is 1. The highest BCUT2D eigenvalue weighted by Gasteiger charge is 2.20. The Balaban J connectivity index is 1.85. The summed E-state index contributed by atoms with van der Waals surface area (Å²) < 4.78 is 1.70. The van der Waals surface area contributed by atoms with Crippen LogP contribution in [0.3, 0.4) is 0 Å². The van der Waals surface area contributed by atoms with Gasteiger partial charge in [0.1, 0.15) is 5.82 Å². The molecule has 3 aromatic heterocycles. The van der Waals surface area contributed by atoms with Crippen molar-refractivity contribution < 1.29 is 0 Å². The third-order valence-electron chi connectivity index (χ3n) is 3.93. The summed E-state index contributed by atoms with van der Waals surface area (Å²) in [6.07, 6.45) is 5.99. The Labute approximate surface area is 126 Å². The fourth-order valence-electron chi connectivity index (χ4n) is 2.84. The molecular formula is C14H16N6S. The van der Waals surface area contributed by atoms with Gasteiger partial charge in [-0.15, -0.1) is 11.3 Å². The minimum absolute atomic E-state index is 0.426. The monoisotopic (exact) mass is 300 g/mol. The molecule has 4 rings (SSSR count). The van der Waals surface area contributed by atoms with Gasteiger partial charge in [-0.3, -0.25) is 4.98 Å². The quantitative estimate of drug-likeness (QED) is 0.755. The second-order valence-corrected chi connectivity index (χ2v) is 6.19. The molecule has 1 aliphatic rings. The van der Waals surface area contributed by atoms with Crippen molar-refractivity contribution in [3.63, 3.8) is 0 Å². The van der Waals surface area contributed by atoms with E-state index >= 15 is 0 Å². The number of nitrogens with zero attached hydrogens (tertiary/aromatic N) is 4. The zero-order chi connectivity index (χ0) is 14.2. The maximum atomic E-state index is 6.16.